The highest BCUT2D eigenvalue weighted by atomic mass is 16.2. The molecule has 0 aromatic carbocycles. The molecule has 23 heavy (non-hydrogen) atoms. The fourth-order valence-corrected chi connectivity index (χ4v) is 2.44. The second-order valence-corrected chi connectivity index (χ2v) is 5.34. The molecule has 2 amide bonds. The second kappa shape index (κ2) is 8.92. The number of hydrogen-bond donors (Lipinski definition) is 2. The van der Waals surface area contributed by atoms with Gasteiger partial charge >= 0.3 is 0 Å². The molecule has 2 rings (SSSR count). The Hall–Kier alpha value is -2.38. The van der Waals surface area contributed by atoms with Crippen molar-refractivity contribution in [3.63, 3.8) is 0 Å². The highest BCUT2D eigenvalue weighted by Gasteiger charge is 2.25. The van der Waals surface area contributed by atoms with Crippen molar-refractivity contribution in [2.75, 3.05) is 26.7 Å². The Morgan fingerprint density at radius 3 is 2.61 bits per heavy atom. The van der Waals surface area contributed by atoms with Crippen LogP contribution in [0.1, 0.15) is 25.7 Å². The zero-order valence-corrected chi connectivity index (χ0v) is 13.5. The quantitative estimate of drug-likeness (QED) is 0.319. The van der Waals surface area contributed by atoms with Gasteiger partial charge in [-0.3, -0.25) is 24.2 Å². The lowest BCUT2D eigenvalue weighted by Gasteiger charge is -2.25. The summed E-state index contributed by atoms with van der Waals surface area (Å²) >= 11 is 0. The topological polar surface area (TPSA) is 91.6 Å². The summed E-state index contributed by atoms with van der Waals surface area (Å²) in [5.41, 5.74) is 0. The van der Waals surface area contributed by atoms with Crippen molar-refractivity contribution in [1.82, 2.24) is 25.3 Å². The van der Waals surface area contributed by atoms with Gasteiger partial charge in [-0.1, -0.05) is 0 Å². The van der Waals surface area contributed by atoms with Gasteiger partial charge in [0.15, 0.2) is 5.96 Å². The van der Waals surface area contributed by atoms with Crippen LogP contribution in [0.5, 0.6) is 0 Å². The van der Waals surface area contributed by atoms with Crippen molar-refractivity contribution < 1.29 is 9.59 Å². The lowest BCUT2D eigenvalue weighted by molar-refractivity contribution is -0.147. The van der Waals surface area contributed by atoms with Gasteiger partial charge < -0.3 is 10.6 Å². The van der Waals surface area contributed by atoms with Gasteiger partial charge in [0.1, 0.15) is 0 Å². The largest absolute Gasteiger partial charge is 0.356 e. The van der Waals surface area contributed by atoms with Crippen LogP contribution in [0.3, 0.4) is 0 Å². The van der Waals surface area contributed by atoms with E-state index in [4.69, 9.17) is 0 Å². The molecule has 0 saturated carbocycles. The first-order valence-corrected chi connectivity index (χ1v) is 7.96. The first-order chi connectivity index (χ1) is 11.2. The summed E-state index contributed by atoms with van der Waals surface area (Å²) in [6.07, 6.45) is 6.21. The van der Waals surface area contributed by atoms with Crippen LogP contribution in [0.15, 0.2) is 23.5 Å². The Labute approximate surface area is 135 Å². The monoisotopic (exact) mass is 320 g/mol. The number of imide groups is 1. The van der Waals surface area contributed by atoms with Crippen LogP contribution in [-0.2, 0) is 16.1 Å². The lowest BCUT2D eigenvalue weighted by atomic mass is 10.1. The van der Waals surface area contributed by atoms with E-state index >= 15 is 0 Å². The van der Waals surface area contributed by atoms with Gasteiger partial charge in [-0.05, 0) is 18.9 Å². The van der Waals surface area contributed by atoms with E-state index in [0.717, 1.165) is 19.5 Å². The molecular formula is C15H24N6O2. The number of aliphatic imine (C=N–C) groups is 1. The zero-order chi connectivity index (χ0) is 16.5. The maximum absolute atomic E-state index is 11.7. The van der Waals surface area contributed by atoms with E-state index in [0.29, 0.717) is 38.3 Å². The summed E-state index contributed by atoms with van der Waals surface area (Å²) in [5.74, 6) is 0.512. The van der Waals surface area contributed by atoms with Crippen LogP contribution < -0.4 is 10.6 Å². The van der Waals surface area contributed by atoms with Gasteiger partial charge in [-0.2, -0.15) is 5.10 Å². The number of carbonyl (C=O) groups excluding carboxylic acids is 2. The minimum atomic E-state index is -0.0785. The Balaban J connectivity index is 1.62. The van der Waals surface area contributed by atoms with E-state index in [1.807, 2.05) is 16.9 Å². The van der Waals surface area contributed by atoms with Crippen LogP contribution in [0.4, 0.5) is 0 Å². The molecule has 0 spiro atoms. The predicted molar refractivity (Wildman–Crippen MR) is 86.8 cm³/mol. The third-order valence-corrected chi connectivity index (χ3v) is 3.65. The van der Waals surface area contributed by atoms with Crippen molar-refractivity contribution >= 4 is 17.8 Å². The molecule has 8 nitrogen and oxygen atoms in total. The van der Waals surface area contributed by atoms with Crippen LogP contribution >= 0.6 is 0 Å². The SMILES string of the molecule is CN=C(NCCCn1cccn1)NCCN1C(=O)CCCC1=O. The van der Waals surface area contributed by atoms with E-state index in [-0.39, 0.29) is 11.8 Å². The average Bonchev–Trinajstić information content (AvgIpc) is 3.05. The molecule has 0 atom stereocenters. The van der Waals surface area contributed by atoms with E-state index < -0.39 is 0 Å². The van der Waals surface area contributed by atoms with E-state index in [1.165, 1.54) is 4.90 Å². The van der Waals surface area contributed by atoms with Crippen molar-refractivity contribution in [3.8, 4) is 0 Å². The molecule has 0 radical (unpaired) electrons. The Bertz CT molecular complexity index is 524. The first kappa shape index (κ1) is 17.0. The lowest BCUT2D eigenvalue weighted by Crippen LogP contribution is -2.46. The third-order valence-electron chi connectivity index (χ3n) is 3.65. The number of nitrogens with zero attached hydrogens (tertiary/aromatic N) is 4. The molecule has 1 aliphatic heterocycles. The highest BCUT2D eigenvalue weighted by molar-refractivity contribution is 5.97. The molecule has 2 heterocycles. The number of hydrogen-bond acceptors (Lipinski definition) is 4. The molecule has 2 N–H and O–H groups in total. The van der Waals surface area contributed by atoms with Gasteiger partial charge in [0.2, 0.25) is 11.8 Å². The molecule has 1 fully saturated rings. The summed E-state index contributed by atoms with van der Waals surface area (Å²) < 4.78 is 1.88. The van der Waals surface area contributed by atoms with Gasteiger partial charge in [-0.25, -0.2) is 0 Å². The third kappa shape index (κ3) is 5.39. The number of amides is 2. The number of aryl methyl sites for hydroxylation is 1. The number of piperidine rings is 1. The molecule has 1 aromatic heterocycles. The summed E-state index contributed by atoms with van der Waals surface area (Å²) in [6, 6.07) is 1.90. The number of guanidine groups is 1. The van der Waals surface area contributed by atoms with E-state index in [1.54, 1.807) is 13.2 Å². The Morgan fingerprint density at radius 2 is 1.96 bits per heavy atom. The molecule has 8 heteroatoms. The van der Waals surface area contributed by atoms with Crippen molar-refractivity contribution in [1.29, 1.82) is 0 Å². The number of nitrogens with one attached hydrogen (secondary N) is 2. The second-order valence-electron chi connectivity index (χ2n) is 5.34. The van der Waals surface area contributed by atoms with Gasteiger partial charge in [-0.15, -0.1) is 0 Å². The standard InChI is InChI=1S/C15H24N6O2/c1-16-15(17-7-3-10-20-11-4-8-19-20)18-9-12-21-13(22)5-2-6-14(21)23/h4,8,11H,2-3,5-7,9-10,12H2,1H3,(H2,16,17,18). The summed E-state index contributed by atoms with van der Waals surface area (Å²) in [5, 5.41) is 10.5. The number of rotatable bonds is 7. The minimum Gasteiger partial charge on any atom is -0.356 e. The van der Waals surface area contributed by atoms with Gasteiger partial charge in [0, 0.05) is 58.5 Å². The maximum Gasteiger partial charge on any atom is 0.229 e. The maximum atomic E-state index is 11.7. The fraction of sp³-hybridized carbons (Fsp3) is 0.600. The fourth-order valence-electron chi connectivity index (χ4n) is 2.44. The van der Waals surface area contributed by atoms with E-state index in [2.05, 4.69) is 20.7 Å². The summed E-state index contributed by atoms with van der Waals surface area (Å²) in [4.78, 5) is 28.9. The average molecular weight is 320 g/mol. The van der Waals surface area contributed by atoms with Crippen LogP contribution in [0, 0.1) is 0 Å². The molecular weight excluding hydrogens is 296 g/mol. The van der Waals surface area contributed by atoms with Crippen molar-refractivity contribution in [3.05, 3.63) is 18.5 Å². The Kier molecular flexibility index (Phi) is 6.58. The van der Waals surface area contributed by atoms with Crippen molar-refractivity contribution in [2.45, 2.75) is 32.2 Å². The number of carbonyl (C=O) groups is 2. The predicted octanol–water partition coefficient (Wildman–Crippen LogP) is -0.0227. The Morgan fingerprint density at radius 1 is 1.22 bits per heavy atom. The van der Waals surface area contributed by atoms with Crippen LogP contribution in [-0.4, -0.2) is 59.1 Å². The molecule has 0 bridgehead atoms. The molecule has 1 aliphatic rings. The first-order valence-electron chi connectivity index (χ1n) is 7.96. The molecule has 1 aromatic rings. The summed E-state index contributed by atoms with van der Waals surface area (Å²) in [7, 11) is 1.69. The molecule has 126 valence electrons. The van der Waals surface area contributed by atoms with Crippen molar-refractivity contribution in [2.24, 2.45) is 4.99 Å². The molecule has 0 aliphatic carbocycles. The highest BCUT2D eigenvalue weighted by Crippen LogP contribution is 2.11. The number of likely N-dealkylation sites (tertiary alicyclic amines) is 1. The van der Waals surface area contributed by atoms with Crippen LogP contribution in [0.25, 0.3) is 0 Å². The van der Waals surface area contributed by atoms with Crippen LogP contribution in [0.2, 0.25) is 0 Å². The normalized spacial score (nSPS) is 15.9. The smallest absolute Gasteiger partial charge is 0.229 e. The van der Waals surface area contributed by atoms with Gasteiger partial charge in [0.25, 0.3) is 0 Å². The zero-order valence-electron chi connectivity index (χ0n) is 13.5. The molecule has 0 unspecified atom stereocenters. The van der Waals surface area contributed by atoms with Gasteiger partial charge in [0.05, 0.1) is 0 Å². The molecule has 1 saturated heterocycles. The minimum absolute atomic E-state index is 0.0785. The van der Waals surface area contributed by atoms with E-state index in [9.17, 15) is 9.59 Å². The number of aromatic nitrogens is 2. The summed E-state index contributed by atoms with van der Waals surface area (Å²) in [6.45, 7) is 2.48.